The van der Waals surface area contributed by atoms with Gasteiger partial charge in [-0.25, -0.2) is 4.39 Å². The van der Waals surface area contributed by atoms with Gasteiger partial charge in [0.05, 0.1) is 0 Å². The molecule has 0 amide bonds. The van der Waals surface area contributed by atoms with E-state index in [1.165, 1.54) is 25.3 Å². The summed E-state index contributed by atoms with van der Waals surface area (Å²) in [6.45, 7) is 6.00. The SMILES string of the molecule is CCN(Cc1cc(F)cc(Cl)c1)CC1CCCCN1. The summed E-state index contributed by atoms with van der Waals surface area (Å²) in [5.74, 6) is -0.255. The number of nitrogens with zero attached hydrogens (tertiary/aromatic N) is 1. The largest absolute Gasteiger partial charge is 0.313 e. The Morgan fingerprint density at radius 3 is 2.84 bits per heavy atom. The van der Waals surface area contributed by atoms with E-state index < -0.39 is 0 Å². The molecule has 106 valence electrons. The fourth-order valence-electron chi connectivity index (χ4n) is 2.66. The van der Waals surface area contributed by atoms with Crippen molar-refractivity contribution in [1.29, 1.82) is 0 Å². The number of halogens is 2. The first-order valence-electron chi connectivity index (χ1n) is 7.08. The van der Waals surface area contributed by atoms with E-state index in [9.17, 15) is 4.39 Å². The first-order chi connectivity index (χ1) is 9.17. The molecule has 0 spiro atoms. The van der Waals surface area contributed by atoms with Crippen LogP contribution in [-0.4, -0.2) is 30.6 Å². The minimum atomic E-state index is -0.255. The Kier molecular flexibility index (Phi) is 5.61. The Hall–Kier alpha value is -0.640. The van der Waals surface area contributed by atoms with Gasteiger partial charge in [0.25, 0.3) is 0 Å². The Labute approximate surface area is 119 Å². The number of hydrogen-bond donors (Lipinski definition) is 1. The van der Waals surface area contributed by atoms with Crippen molar-refractivity contribution in [3.8, 4) is 0 Å². The molecule has 19 heavy (non-hydrogen) atoms. The molecule has 1 aromatic carbocycles. The Bertz CT molecular complexity index is 385. The zero-order chi connectivity index (χ0) is 13.7. The number of likely N-dealkylation sites (N-methyl/N-ethyl adjacent to an activating group) is 1. The molecule has 2 nitrogen and oxygen atoms in total. The average molecular weight is 285 g/mol. The van der Waals surface area contributed by atoms with Gasteiger partial charge in [-0.3, -0.25) is 4.90 Å². The first-order valence-corrected chi connectivity index (χ1v) is 7.46. The molecule has 2 rings (SSSR count). The topological polar surface area (TPSA) is 15.3 Å². The van der Waals surface area contributed by atoms with Crippen LogP contribution in [0.3, 0.4) is 0 Å². The van der Waals surface area contributed by atoms with Gasteiger partial charge in [-0.15, -0.1) is 0 Å². The van der Waals surface area contributed by atoms with E-state index in [0.717, 1.165) is 31.7 Å². The van der Waals surface area contributed by atoms with Crippen molar-refractivity contribution in [3.05, 3.63) is 34.6 Å². The highest BCUT2D eigenvalue weighted by Gasteiger charge is 2.16. The van der Waals surface area contributed by atoms with E-state index >= 15 is 0 Å². The summed E-state index contributed by atoms with van der Waals surface area (Å²) in [5, 5.41) is 4.02. The Morgan fingerprint density at radius 1 is 1.37 bits per heavy atom. The van der Waals surface area contributed by atoms with E-state index in [2.05, 4.69) is 17.1 Å². The zero-order valence-electron chi connectivity index (χ0n) is 11.5. The van der Waals surface area contributed by atoms with Crippen molar-refractivity contribution < 1.29 is 4.39 Å². The number of benzene rings is 1. The van der Waals surface area contributed by atoms with Crippen molar-refractivity contribution in [2.75, 3.05) is 19.6 Å². The lowest BCUT2D eigenvalue weighted by Crippen LogP contribution is -2.43. The van der Waals surface area contributed by atoms with Gasteiger partial charge in [-0.05, 0) is 49.7 Å². The number of piperidine rings is 1. The normalized spacial score (nSPS) is 19.9. The maximum absolute atomic E-state index is 13.3. The van der Waals surface area contributed by atoms with Gasteiger partial charge in [0.1, 0.15) is 5.82 Å². The van der Waals surface area contributed by atoms with Crippen LogP contribution >= 0.6 is 11.6 Å². The van der Waals surface area contributed by atoms with Crippen LogP contribution in [0.1, 0.15) is 31.7 Å². The van der Waals surface area contributed by atoms with Crippen LogP contribution in [-0.2, 0) is 6.54 Å². The molecule has 0 bridgehead atoms. The molecule has 1 saturated heterocycles. The van der Waals surface area contributed by atoms with Gasteiger partial charge >= 0.3 is 0 Å². The molecule has 0 aromatic heterocycles. The van der Waals surface area contributed by atoms with E-state index in [1.54, 1.807) is 6.07 Å². The van der Waals surface area contributed by atoms with Crippen molar-refractivity contribution in [2.24, 2.45) is 0 Å². The standard InChI is InChI=1S/C15H22ClFN2/c1-2-19(11-15-5-3-4-6-18-15)10-12-7-13(16)9-14(17)8-12/h7-9,15,18H,2-6,10-11H2,1H3. The van der Waals surface area contributed by atoms with Crippen LogP contribution in [0.25, 0.3) is 0 Å². The highest BCUT2D eigenvalue weighted by Crippen LogP contribution is 2.16. The molecule has 1 atom stereocenters. The molecule has 0 radical (unpaired) electrons. The summed E-state index contributed by atoms with van der Waals surface area (Å²) in [7, 11) is 0. The summed E-state index contributed by atoms with van der Waals surface area (Å²) in [4.78, 5) is 2.34. The summed E-state index contributed by atoms with van der Waals surface area (Å²) < 4.78 is 13.3. The molecule has 0 aliphatic carbocycles. The van der Waals surface area contributed by atoms with E-state index in [1.807, 2.05) is 6.07 Å². The maximum Gasteiger partial charge on any atom is 0.125 e. The number of nitrogens with one attached hydrogen (secondary N) is 1. The lowest BCUT2D eigenvalue weighted by Gasteiger charge is -2.30. The lowest BCUT2D eigenvalue weighted by atomic mass is 10.0. The highest BCUT2D eigenvalue weighted by molar-refractivity contribution is 6.30. The molecule has 4 heteroatoms. The van der Waals surface area contributed by atoms with Gasteiger partial charge in [-0.1, -0.05) is 24.9 Å². The molecule has 1 aliphatic heterocycles. The van der Waals surface area contributed by atoms with Crippen LogP contribution in [0.4, 0.5) is 4.39 Å². The monoisotopic (exact) mass is 284 g/mol. The van der Waals surface area contributed by atoms with Gasteiger partial charge in [0.2, 0.25) is 0 Å². The summed E-state index contributed by atoms with van der Waals surface area (Å²) in [6.07, 6.45) is 3.82. The quantitative estimate of drug-likeness (QED) is 0.891. The molecule has 1 unspecified atom stereocenters. The summed E-state index contributed by atoms with van der Waals surface area (Å²) in [5.41, 5.74) is 0.947. The van der Waals surface area contributed by atoms with Crippen LogP contribution in [0.5, 0.6) is 0 Å². The minimum absolute atomic E-state index is 0.255. The molecule has 0 saturated carbocycles. The number of rotatable bonds is 5. The third-order valence-corrected chi connectivity index (χ3v) is 3.88. The molecule has 1 aliphatic rings. The molecule has 1 N–H and O–H groups in total. The van der Waals surface area contributed by atoms with Crippen LogP contribution in [0, 0.1) is 5.82 Å². The molecular formula is C15H22ClFN2. The minimum Gasteiger partial charge on any atom is -0.313 e. The average Bonchev–Trinajstić information content (AvgIpc) is 2.38. The Balaban J connectivity index is 1.93. The highest BCUT2D eigenvalue weighted by atomic mass is 35.5. The molecule has 1 fully saturated rings. The summed E-state index contributed by atoms with van der Waals surface area (Å²) in [6, 6.07) is 5.34. The van der Waals surface area contributed by atoms with Gasteiger partial charge in [0, 0.05) is 24.2 Å². The van der Waals surface area contributed by atoms with Crippen LogP contribution < -0.4 is 5.32 Å². The molecular weight excluding hydrogens is 263 g/mol. The van der Waals surface area contributed by atoms with Gasteiger partial charge in [0.15, 0.2) is 0 Å². The zero-order valence-corrected chi connectivity index (χ0v) is 12.2. The fraction of sp³-hybridized carbons (Fsp3) is 0.600. The summed E-state index contributed by atoms with van der Waals surface area (Å²) >= 11 is 5.90. The smallest absolute Gasteiger partial charge is 0.125 e. The Morgan fingerprint density at radius 2 is 2.21 bits per heavy atom. The third kappa shape index (κ3) is 4.75. The second kappa shape index (κ2) is 7.22. The van der Waals surface area contributed by atoms with Gasteiger partial charge < -0.3 is 5.32 Å². The number of hydrogen-bond acceptors (Lipinski definition) is 2. The first kappa shape index (κ1) is 14.8. The van der Waals surface area contributed by atoms with Crippen LogP contribution in [0.2, 0.25) is 5.02 Å². The van der Waals surface area contributed by atoms with Crippen molar-refractivity contribution in [1.82, 2.24) is 10.2 Å². The van der Waals surface area contributed by atoms with Crippen molar-refractivity contribution in [2.45, 2.75) is 38.8 Å². The maximum atomic E-state index is 13.3. The molecule has 1 aromatic rings. The van der Waals surface area contributed by atoms with Crippen molar-refractivity contribution in [3.63, 3.8) is 0 Å². The van der Waals surface area contributed by atoms with E-state index in [0.29, 0.717) is 11.1 Å². The van der Waals surface area contributed by atoms with E-state index in [-0.39, 0.29) is 5.82 Å². The van der Waals surface area contributed by atoms with Gasteiger partial charge in [-0.2, -0.15) is 0 Å². The third-order valence-electron chi connectivity index (χ3n) is 3.67. The fourth-order valence-corrected chi connectivity index (χ4v) is 2.90. The lowest BCUT2D eigenvalue weighted by molar-refractivity contribution is 0.226. The molecule has 1 heterocycles. The second-order valence-electron chi connectivity index (χ2n) is 5.25. The van der Waals surface area contributed by atoms with Crippen molar-refractivity contribution >= 4 is 11.6 Å². The predicted octanol–water partition coefficient (Wildman–Crippen LogP) is 3.44. The van der Waals surface area contributed by atoms with E-state index in [4.69, 9.17) is 11.6 Å². The van der Waals surface area contributed by atoms with Crippen LogP contribution in [0.15, 0.2) is 18.2 Å². The predicted molar refractivity (Wildman–Crippen MR) is 78.0 cm³/mol. The second-order valence-corrected chi connectivity index (χ2v) is 5.69.